The monoisotopic (exact) mass is 412 g/mol. The van der Waals surface area contributed by atoms with Gasteiger partial charge in [-0.25, -0.2) is 4.98 Å². The summed E-state index contributed by atoms with van der Waals surface area (Å²) in [6.45, 7) is 2.69. The number of hydrogen-bond donors (Lipinski definition) is 1. The van der Waals surface area contributed by atoms with Crippen LogP contribution in [0.2, 0.25) is 0 Å². The second-order valence-electron chi connectivity index (χ2n) is 7.15. The molecule has 28 heavy (non-hydrogen) atoms. The zero-order valence-corrected chi connectivity index (χ0v) is 16.9. The molecule has 0 spiro atoms. The molecule has 1 fully saturated rings. The Labute approximate surface area is 170 Å². The second kappa shape index (κ2) is 7.35. The number of aromatic nitrogens is 2. The summed E-state index contributed by atoms with van der Waals surface area (Å²) in [5.74, 6) is 0.348. The van der Waals surface area contributed by atoms with Gasteiger partial charge in [0.15, 0.2) is 0 Å². The Morgan fingerprint density at radius 2 is 1.93 bits per heavy atom. The van der Waals surface area contributed by atoms with Gasteiger partial charge in [0.05, 0.1) is 28.0 Å². The number of fused-ring (bicyclic) bond motifs is 3. The highest BCUT2D eigenvalue weighted by Gasteiger charge is 2.26. The van der Waals surface area contributed by atoms with Gasteiger partial charge in [0.1, 0.15) is 10.2 Å². The number of hydrogen-bond acceptors (Lipinski definition) is 6. The predicted octanol–water partition coefficient (Wildman–Crippen LogP) is 3.34. The molecule has 144 valence electrons. The maximum Gasteiger partial charge on any atom is 0.271 e. The van der Waals surface area contributed by atoms with E-state index >= 15 is 0 Å². The van der Waals surface area contributed by atoms with Crippen molar-refractivity contribution in [3.63, 3.8) is 0 Å². The highest BCUT2D eigenvalue weighted by molar-refractivity contribution is 8.02. The van der Waals surface area contributed by atoms with Crippen LogP contribution in [0, 0.1) is 0 Å². The van der Waals surface area contributed by atoms with Crippen molar-refractivity contribution in [2.24, 2.45) is 0 Å². The fraction of sp³-hybridized carbons (Fsp3) is 0.350. The molecular formula is C20H20N4O2S2. The molecule has 1 N–H and O–H groups in total. The summed E-state index contributed by atoms with van der Waals surface area (Å²) in [7, 11) is 0. The van der Waals surface area contributed by atoms with Crippen LogP contribution in [-0.4, -0.2) is 39.2 Å². The summed E-state index contributed by atoms with van der Waals surface area (Å²) in [5.41, 5.74) is 2.51. The molecule has 1 saturated heterocycles. The van der Waals surface area contributed by atoms with Crippen LogP contribution in [0.1, 0.15) is 24.4 Å². The highest BCUT2D eigenvalue weighted by atomic mass is 32.2. The Kier molecular flexibility index (Phi) is 4.70. The summed E-state index contributed by atoms with van der Waals surface area (Å²) >= 11 is 2.91. The van der Waals surface area contributed by atoms with Crippen molar-refractivity contribution in [1.29, 1.82) is 0 Å². The number of nitrogens with zero attached hydrogens (tertiary/aromatic N) is 3. The van der Waals surface area contributed by atoms with Crippen molar-refractivity contribution in [2.45, 2.75) is 29.6 Å². The van der Waals surface area contributed by atoms with Crippen LogP contribution in [0.3, 0.4) is 0 Å². The van der Waals surface area contributed by atoms with E-state index in [1.54, 1.807) is 10.9 Å². The van der Waals surface area contributed by atoms with E-state index in [9.17, 15) is 9.59 Å². The lowest BCUT2D eigenvalue weighted by Crippen LogP contribution is -2.32. The van der Waals surface area contributed by atoms with Gasteiger partial charge in [-0.15, -0.1) is 23.1 Å². The molecule has 2 aromatic heterocycles. The van der Waals surface area contributed by atoms with Crippen molar-refractivity contribution in [1.82, 2.24) is 14.5 Å². The number of amides is 1. The SMILES string of the molecule is O=C1CSc2sc3c(=O)n(C[C@H](c4ccccc4)N4CCCC4)cnc3c2N1. The number of nitrogens with one attached hydrogen (secondary N) is 1. The van der Waals surface area contributed by atoms with Gasteiger partial charge in [-0.2, -0.15) is 0 Å². The van der Waals surface area contributed by atoms with Gasteiger partial charge < -0.3 is 5.32 Å². The Morgan fingerprint density at radius 3 is 2.71 bits per heavy atom. The molecule has 6 nitrogen and oxygen atoms in total. The second-order valence-corrected chi connectivity index (χ2v) is 9.42. The zero-order valence-electron chi connectivity index (χ0n) is 15.3. The summed E-state index contributed by atoms with van der Waals surface area (Å²) in [6, 6.07) is 10.5. The molecule has 0 aliphatic carbocycles. The maximum absolute atomic E-state index is 13.2. The number of thiophene rings is 1. The summed E-state index contributed by atoms with van der Waals surface area (Å²) in [6.07, 6.45) is 4.03. The molecule has 4 heterocycles. The number of carbonyl (C=O) groups excluding carboxylic acids is 1. The third kappa shape index (κ3) is 3.15. The van der Waals surface area contributed by atoms with E-state index in [2.05, 4.69) is 39.5 Å². The summed E-state index contributed by atoms with van der Waals surface area (Å²) in [4.78, 5) is 31.9. The van der Waals surface area contributed by atoms with Gasteiger partial charge in [0.25, 0.3) is 5.56 Å². The van der Waals surface area contributed by atoms with E-state index in [1.807, 2.05) is 6.07 Å². The van der Waals surface area contributed by atoms with Crippen LogP contribution in [0.4, 0.5) is 5.69 Å². The van der Waals surface area contributed by atoms with Crippen LogP contribution in [0.15, 0.2) is 45.7 Å². The molecule has 1 aromatic carbocycles. The maximum atomic E-state index is 13.2. The first-order valence-electron chi connectivity index (χ1n) is 9.44. The van der Waals surface area contributed by atoms with Crippen molar-refractivity contribution >= 4 is 44.9 Å². The number of benzene rings is 1. The van der Waals surface area contributed by atoms with E-state index in [-0.39, 0.29) is 17.5 Å². The minimum atomic E-state index is -0.0404. The van der Waals surface area contributed by atoms with Crippen LogP contribution < -0.4 is 10.9 Å². The minimum Gasteiger partial charge on any atom is -0.322 e. The number of likely N-dealkylation sites (tertiary alicyclic amines) is 1. The fourth-order valence-corrected chi connectivity index (χ4v) is 6.16. The average Bonchev–Trinajstić information content (AvgIpc) is 3.36. The molecule has 2 aliphatic heterocycles. The molecular weight excluding hydrogens is 392 g/mol. The number of thioether (sulfide) groups is 1. The summed E-state index contributed by atoms with van der Waals surface area (Å²) < 4.78 is 3.32. The topological polar surface area (TPSA) is 67.2 Å². The minimum absolute atomic E-state index is 0.0284. The lowest BCUT2D eigenvalue weighted by Gasteiger charge is -2.28. The molecule has 8 heteroatoms. The Balaban J connectivity index is 1.54. The Morgan fingerprint density at radius 1 is 1.14 bits per heavy atom. The molecule has 5 rings (SSSR count). The van der Waals surface area contributed by atoms with Gasteiger partial charge in [-0.1, -0.05) is 30.3 Å². The van der Waals surface area contributed by atoms with Crippen molar-refractivity contribution in [3.8, 4) is 0 Å². The smallest absolute Gasteiger partial charge is 0.271 e. The molecule has 1 amide bonds. The quantitative estimate of drug-likeness (QED) is 0.712. The van der Waals surface area contributed by atoms with Gasteiger partial charge in [0, 0.05) is 6.54 Å². The number of rotatable bonds is 4. The largest absolute Gasteiger partial charge is 0.322 e. The van der Waals surface area contributed by atoms with Crippen LogP contribution in [0.25, 0.3) is 10.2 Å². The highest BCUT2D eigenvalue weighted by Crippen LogP contribution is 2.42. The van der Waals surface area contributed by atoms with Gasteiger partial charge in [-0.05, 0) is 31.5 Å². The molecule has 2 aliphatic rings. The predicted molar refractivity (Wildman–Crippen MR) is 113 cm³/mol. The molecule has 3 aromatic rings. The Bertz CT molecular complexity index is 1090. The first-order chi connectivity index (χ1) is 13.7. The van der Waals surface area contributed by atoms with E-state index in [1.165, 1.54) is 41.5 Å². The molecule has 1 atom stereocenters. The number of anilines is 1. The molecule has 0 bridgehead atoms. The van der Waals surface area contributed by atoms with Crippen molar-refractivity contribution < 1.29 is 4.79 Å². The van der Waals surface area contributed by atoms with Crippen LogP contribution >= 0.6 is 23.1 Å². The first-order valence-corrected chi connectivity index (χ1v) is 11.2. The van der Waals surface area contributed by atoms with E-state index in [4.69, 9.17) is 0 Å². The standard InChI is InChI=1S/C20H20N4O2S2/c25-15-11-27-20-17(22-15)16-18(28-20)19(26)24(12-21-16)10-14(23-8-4-5-9-23)13-6-2-1-3-7-13/h1-3,6-7,12,14H,4-5,8-11H2,(H,22,25)/t14-/m1/s1. The van der Waals surface area contributed by atoms with E-state index in [0.717, 1.165) is 17.3 Å². The first kappa shape index (κ1) is 17.9. The van der Waals surface area contributed by atoms with E-state index in [0.29, 0.717) is 28.2 Å². The molecule has 0 unspecified atom stereocenters. The van der Waals surface area contributed by atoms with Crippen LogP contribution in [0.5, 0.6) is 0 Å². The van der Waals surface area contributed by atoms with Crippen molar-refractivity contribution in [3.05, 3.63) is 52.6 Å². The average molecular weight is 413 g/mol. The van der Waals surface area contributed by atoms with Crippen LogP contribution in [-0.2, 0) is 11.3 Å². The normalized spacial score (nSPS) is 18.2. The Hall–Kier alpha value is -2.16. The third-order valence-corrected chi connectivity index (χ3v) is 7.80. The zero-order chi connectivity index (χ0) is 19.1. The van der Waals surface area contributed by atoms with Crippen molar-refractivity contribution in [2.75, 3.05) is 24.2 Å². The van der Waals surface area contributed by atoms with Gasteiger partial charge >= 0.3 is 0 Å². The van der Waals surface area contributed by atoms with Gasteiger partial charge in [-0.3, -0.25) is 19.1 Å². The summed E-state index contributed by atoms with van der Waals surface area (Å²) in [5, 5.41) is 2.87. The van der Waals surface area contributed by atoms with Gasteiger partial charge in [0.2, 0.25) is 5.91 Å². The number of carbonyl (C=O) groups is 1. The lowest BCUT2D eigenvalue weighted by atomic mass is 10.1. The fourth-order valence-electron chi connectivity index (χ4n) is 3.98. The lowest BCUT2D eigenvalue weighted by molar-refractivity contribution is -0.113. The molecule has 0 radical (unpaired) electrons. The van der Waals surface area contributed by atoms with E-state index < -0.39 is 0 Å². The molecule has 0 saturated carbocycles. The third-order valence-electron chi connectivity index (χ3n) is 5.37.